The van der Waals surface area contributed by atoms with Crippen molar-refractivity contribution in [3.8, 4) is 0 Å². The van der Waals surface area contributed by atoms with Gasteiger partial charge in [0.15, 0.2) is 5.78 Å². The third kappa shape index (κ3) is 1.49. The number of rotatable bonds is 2. The van der Waals surface area contributed by atoms with Crippen molar-refractivity contribution < 1.29 is 4.79 Å². The lowest BCUT2D eigenvalue weighted by molar-refractivity contribution is -0.118. The van der Waals surface area contributed by atoms with E-state index in [9.17, 15) is 4.79 Å². The molecule has 2 aliphatic rings. The molecule has 2 rings (SSSR count). The van der Waals surface area contributed by atoms with Crippen molar-refractivity contribution in [1.82, 2.24) is 0 Å². The maximum absolute atomic E-state index is 12.0. The molecule has 0 amide bonds. The molecule has 0 aliphatic heterocycles. The summed E-state index contributed by atoms with van der Waals surface area (Å²) in [4.78, 5) is 12.0. The normalized spacial score (nSPS) is 37.3. The van der Waals surface area contributed by atoms with E-state index < -0.39 is 0 Å². The Balaban J connectivity index is 2.25. The zero-order valence-corrected chi connectivity index (χ0v) is 10.1. The van der Waals surface area contributed by atoms with Crippen molar-refractivity contribution in [3.63, 3.8) is 0 Å². The van der Waals surface area contributed by atoms with E-state index in [2.05, 4.69) is 26.8 Å². The molecule has 3 unspecified atom stereocenters. The number of hydrogen-bond acceptors (Lipinski definition) is 1. The van der Waals surface area contributed by atoms with Gasteiger partial charge in [-0.25, -0.2) is 0 Å². The molecule has 0 heterocycles. The second-order valence-corrected chi connectivity index (χ2v) is 5.52. The predicted octanol–water partition coefficient (Wildman–Crippen LogP) is 3.37. The smallest absolute Gasteiger partial charge is 0.162 e. The number of ketones is 1. The first-order valence-corrected chi connectivity index (χ1v) is 5.83. The maximum atomic E-state index is 12.0. The van der Waals surface area contributed by atoms with Crippen LogP contribution in [-0.2, 0) is 4.79 Å². The van der Waals surface area contributed by atoms with Gasteiger partial charge in [0.1, 0.15) is 0 Å². The monoisotopic (exact) mass is 204 g/mol. The summed E-state index contributed by atoms with van der Waals surface area (Å²) in [5.41, 5.74) is 1.65. The van der Waals surface area contributed by atoms with E-state index in [0.29, 0.717) is 17.1 Å². The molecular formula is C14H20O. The van der Waals surface area contributed by atoms with Crippen LogP contribution in [0.25, 0.3) is 0 Å². The van der Waals surface area contributed by atoms with Crippen molar-refractivity contribution in [2.24, 2.45) is 23.2 Å². The van der Waals surface area contributed by atoms with Crippen LogP contribution < -0.4 is 0 Å². The maximum Gasteiger partial charge on any atom is 0.162 e. The van der Waals surface area contributed by atoms with Crippen molar-refractivity contribution >= 4 is 5.78 Å². The summed E-state index contributed by atoms with van der Waals surface area (Å²) in [5, 5.41) is 0. The Morgan fingerprint density at radius 1 is 1.53 bits per heavy atom. The number of carbonyl (C=O) groups is 1. The Morgan fingerprint density at radius 2 is 2.20 bits per heavy atom. The van der Waals surface area contributed by atoms with Crippen LogP contribution in [0.5, 0.6) is 0 Å². The van der Waals surface area contributed by atoms with E-state index in [-0.39, 0.29) is 5.92 Å². The molecular weight excluding hydrogens is 184 g/mol. The predicted molar refractivity (Wildman–Crippen MR) is 62.4 cm³/mol. The average molecular weight is 204 g/mol. The van der Waals surface area contributed by atoms with Gasteiger partial charge in [0, 0.05) is 5.92 Å². The lowest BCUT2D eigenvalue weighted by Gasteiger charge is -2.19. The summed E-state index contributed by atoms with van der Waals surface area (Å²) < 4.78 is 0. The molecule has 0 N–H and O–H groups in total. The average Bonchev–Trinajstić information content (AvgIpc) is 2.69. The molecule has 15 heavy (non-hydrogen) atoms. The van der Waals surface area contributed by atoms with Crippen LogP contribution in [-0.4, -0.2) is 5.78 Å². The number of allylic oxidation sites excluding steroid dienone is 4. The van der Waals surface area contributed by atoms with Gasteiger partial charge in [0.05, 0.1) is 0 Å². The number of hydrogen-bond donors (Lipinski definition) is 0. The molecule has 0 saturated heterocycles. The van der Waals surface area contributed by atoms with Gasteiger partial charge in [-0.15, -0.1) is 0 Å². The van der Waals surface area contributed by atoms with Crippen molar-refractivity contribution in [2.45, 2.75) is 34.1 Å². The Bertz CT molecular complexity index is 346. The van der Waals surface area contributed by atoms with E-state index in [1.165, 1.54) is 12.0 Å². The van der Waals surface area contributed by atoms with Gasteiger partial charge in [0.25, 0.3) is 0 Å². The minimum absolute atomic E-state index is 0.162. The molecule has 0 spiro atoms. The summed E-state index contributed by atoms with van der Waals surface area (Å²) in [7, 11) is 0. The second kappa shape index (κ2) is 3.33. The van der Waals surface area contributed by atoms with Gasteiger partial charge in [-0.05, 0) is 43.6 Å². The van der Waals surface area contributed by atoms with Crippen LogP contribution in [0.4, 0.5) is 0 Å². The lowest BCUT2D eigenvalue weighted by atomic mass is 9.84. The van der Waals surface area contributed by atoms with E-state index in [1.807, 2.05) is 13.0 Å². The fourth-order valence-corrected chi connectivity index (χ4v) is 3.29. The fraction of sp³-hybridized carbons (Fsp3) is 0.643. The van der Waals surface area contributed by atoms with Gasteiger partial charge in [0.2, 0.25) is 0 Å². The third-order valence-electron chi connectivity index (χ3n) is 4.32. The largest absolute Gasteiger partial charge is 0.294 e. The van der Waals surface area contributed by atoms with Crippen molar-refractivity contribution in [3.05, 3.63) is 23.8 Å². The van der Waals surface area contributed by atoms with E-state index >= 15 is 0 Å². The van der Waals surface area contributed by atoms with Gasteiger partial charge in [-0.3, -0.25) is 4.79 Å². The highest BCUT2D eigenvalue weighted by Gasteiger charge is 2.62. The quantitative estimate of drug-likeness (QED) is 0.498. The Kier molecular flexibility index (Phi) is 2.37. The molecule has 0 aromatic heterocycles. The molecule has 2 aliphatic carbocycles. The topological polar surface area (TPSA) is 17.1 Å². The summed E-state index contributed by atoms with van der Waals surface area (Å²) in [6, 6.07) is 0. The Labute approximate surface area is 92.3 Å². The van der Waals surface area contributed by atoms with Gasteiger partial charge in [-0.2, -0.15) is 0 Å². The summed E-state index contributed by atoms with van der Waals surface area (Å²) in [6.07, 6.45) is 7.03. The number of carbonyl (C=O) groups excluding carboxylic acids is 1. The van der Waals surface area contributed by atoms with E-state index in [0.717, 1.165) is 5.92 Å². The number of fused-ring (bicyclic) bond motifs is 1. The molecule has 3 atom stereocenters. The lowest BCUT2D eigenvalue weighted by Crippen LogP contribution is -2.20. The highest BCUT2D eigenvalue weighted by atomic mass is 16.1. The highest BCUT2D eigenvalue weighted by molar-refractivity contribution is 5.94. The van der Waals surface area contributed by atoms with E-state index in [1.54, 1.807) is 6.08 Å². The zero-order chi connectivity index (χ0) is 11.2. The summed E-state index contributed by atoms with van der Waals surface area (Å²) >= 11 is 0. The SMILES string of the molecule is CC=CC(=O)C1C(C)=CCC2C1C2(C)C. The molecule has 0 radical (unpaired) electrons. The first-order valence-electron chi connectivity index (χ1n) is 5.83. The minimum Gasteiger partial charge on any atom is -0.294 e. The van der Waals surface area contributed by atoms with Gasteiger partial charge in [-0.1, -0.05) is 31.6 Å². The molecule has 0 aromatic carbocycles. The van der Waals surface area contributed by atoms with Crippen LogP contribution in [0.3, 0.4) is 0 Å². The third-order valence-corrected chi connectivity index (χ3v) is 4.32. The molecule has 1 heteroatoms. The van der Waals surface area contributed by atoms with Gasteiger partial charge >= 0.3 is 0 Å². The molecule has 0 aromatic rings. The van der Waals surface area contributed by atoms with Crippen LogP contribution >= 0.6 is 0 Å². The highest BCUT2D eigenvalue weighted by Crippen LogP contribution is 2.66. The standard InChI is InChI=1S/C14H20O/c1-5-6-11(15)12-9(2)7-8-10-13(12)14(10,3)4/h5-7,10,12-13H,8H2,1-4H3. The van der Waals surface area contributed by atoms with Crippen LogP contribution in [0.15, 0.2) is 23.8 Å². The first-order chi connectivity index (χ1) is 7.00. The molecule has 0 bridgehead atoms. The van der Waals surface area contributed by atoms with Crippen LogP contribution in [0.1, 0.15) is 34.1 Å². The molecule has 1 nitrogen and oxygen atoms in total. The summed E-state index contributed by atoms with van der Waals surface area (Å²) in [5.74, 6) is 1.79. The second-order valence-electron chi connectivity index (χ2n) is 5.52. The molecule has 1 fully saturated rings. The fourth-order valence-electron chi connectivity index (χ4n) is 3.29. The van der Waals surface area contributed by atoms with E-state index in [4.69, 9.17) is 0 Å². The van der Waals surface area contributed by atoms with Gasteiger partial charge < -0.3 is 0 Å². The molecule has 1 saturated carbocycles. The van der Waals surface area contributed by atoms with Crippen LogP contribution in [0.2, 0.25) is 0 Å². The Hall–Kier alpha value is -0.850. The minimum atomic E-state index is 0.162. The zero-order valence-electron chi connectivity index (χ0n) is 10.1. The molecule has 82 valence electrons. The first kappa shape index (κ1) is 10.7. The van der Waals surface area contributed by atoms with Crippen LogP contribution in [0, 0.1) is 23.2 Å². The van der Waals surface area contributed by atoms with Crippen molar-refractivity contribution in [2.75, 3.05) is 0 Å². The summed E-state index contributed by atoms with van der Waals surface area (Å²) in [6.45, 7) is 8.61. The van der Waals surface area contributed by atoms with Crippen molar-refractivity contribution in [1.29, 1.82) is 0 Å². The Morgan fingerprint density at radius 3 is 2.80 bits per heavy atom.